The van der Waals surface area contributed by atoms with Crippen LogP contribution in [0.1, 0.15) is 5.56 Å². The van der Waals surface area contributed by atoms with Crippen molar-refractivity contribution in [2.24, 2.45) is 4.99 Å². The van der Waals surface area contributed by atoms with Crippen LogP contribution in [-0.2, 0) is 0 Å². The number of nitrogens with one attached hydrogen (secondary N) is 2. The molecule has 0 atom stereocenters. The lowest BCUT2D eigenvalue weighted by atomic mass is 10.1. The Morgan fingerprint density at radius 2 is 2.00 bits per heavy atom. The van der Waals surface area contributed by atoms with Crippen LogP contribution in [0.25, 0.3) is 10.9 Å². The summed E-state index contributed by atoms with van der Waals surface area (Å²) in [5.41, 5.74) is 1.46. The molecular formula is C19H20F2N4O. The first-order chi connectivity index (χ1) is 12.5. The van der Waals surface area contributed by atoms with Gasteiger partial charge in [0.05, 0.1) is 22.5 Å². The van der Waals surface area contributed by atoms with Crippen LogP contribution in [0.4, 0.5) is 20.2 Å². The largest absolute Gasteiger partial charge is 0.494 e. The van der Waals surface area contributed by atoms with Gasteiger partial charge in [0.1, 0.15) is 11.6 Å². The highest BCUT2D eigenvalue weighted by Crippen LogP contribution is 2.29. The van der Waals surface area contributed by atoms with E-state index in [2.05, 4.69) is 15.3 Å². The van der Waals surface area contributed by atoms with Gasteiger partial charge < -0.3 is 20.3 Å². The Kier molecular flexibility index (Phi) is 5.18. The molecule has 0 radical (unpaired) electrons. The van der Waals surface area contributed by atoms with Gasteiger partial charge in [-0.25, -0.2) is 8.78 Å². The minimum Gasteiger partial charge on any atom is -0.494 e. The van der Waals surface area contributed by atoms with E-state index >= 15 is 0 Å². The van der Waals surface area contributed by atoms with Gasteiger partial charge in [-0.15, -0.1) is 0 Å². The van der Waals surface area contributed by atoms with E-state index in [1.54, 1.807) is 24.3 Å². The van der Waals surface area contributed by atoms with Crippen molar-refractivity contribution in [3.63, 3.8) is 0 Å². The summed E-state index contributed by atoms with van der Waals surface area (Å²) in [5, 5.41) is 13.2. The Bertz CT molecular complexity index is 950. The number of nitrogens with zero attached hydrogens (tertiary/aromatic N) is 2. The minimum atomic E-state index is -0.466. The van der Waals surface area contributed by atoms with Gasteiger partial charge >= 0.3 is 0 Å². The van der Waals surface area contributed by atoms with Gasteiger partial charge in [-0.1, -0.05) is 6.07 Å². The molecule has 3 N–H and O–H groups in total. The first kappa shape index (κ1) is 17.9. The first-order valence-corrected chi connectivity index (χ1v) is 8.17. The van der Waals surface area contributed by atoms with Crippen LogP contribution in [0.3, 0.4) is 0 Å². The highest BCUT2D eigenvalue weighted by molar-refractivity contribution is 6.02. The summed E-state index contributed by atoms with van der Waals surface area (Å²) in [4.78, 5) is 8.85. The molecule has 26 heavy (non-hydrogen) atoms. The Balaban J connectivity index is 1.81. The second kappa shape index (κ2) is 7.53. The van der Waals surface area contributed by atoms with Crippen molar-refractivity contribution in [1.82, 2.24) is 9.88 Å². The molecule has 0 saturated heterocycles. The number of likely N-dealkylation sites (N-methyl/N-ethyl adjacent to an activating group) is 1. The summed E-state index contributed by atoms with van der Waals surface area (Å²) in [6.45, 7) is 1.40. The molecule has 0 aliphatic heterocycles. The summed E-state index contributed by atoms with van der Waals surface area (Å²) < 4.78 is 28.2. The lowest BCUT2D eigenvalue weighted by Gasteiger charge is -2.12. The smallest absolute Gasteiger partial charge is 0.198 e. The number of benzene rings is 2. The van der Waals surface area contributed by atoms with Crippen molar-refractivity contribution >= 4 is 28.5 Å². The summed E-state index contributed by atoms with van der Waals surface area (Å²) in [5.74, 6) is -1.07. The fourth-order valence-electron chi connectivity index (χ4n) is 2.62. The Hall–Kier alpha value is -2.93. The quantitative estimate of drug-likeness (QED) is 0.586. The molecule has 7 heteroatoms. The van der Waals surface area contributed by atoms with Gasteiger partial charge in [-0.3, -0.25) is 4.99 Å². The maximum atomic E-state index is 14.2. The molecule has 136 valence electrons. The maximum absolute atomic E-state index is 14.2. The van der Waals surface area contributed by atoms with Gasteiger partial charge in [0, 0.05) is 30.8 Å². The van der Waals surface area contributed by atoms with E-state index in [0.29, 0.717) is 23.4 Å². The molecule has 3 aromatic rings. The standard InChI is InChI=1S/C19H20F2N4O/c1-25(2)9-8-22-16-7-6-12(10-15(16)21)23-11-13-18-14(20)4-3-5-17(18)24-19(13)26/h3-7,10-11,22,24,26H,8-9H2,1-2H3. The molecule has 3 rings (SSSR count). The number of aromatic hydroxyl groups is 1. The van der Waals surface area contributed by atoms with Crippen LogP contribution >= 0.6 is 0 Å². The van der Waals surface area contributed by atoms with E-state index in [9.17, 15) is 13.9 Å². The van der Waals surface area contributed by atoms with E-state index in [1.165, 1.54) is 18.3 Å². The normalized spacial score (nSPS) is 11.7. The lowest BCUT2D eigenvalue weighted by Crippen LogP contribution is -2.21. The van der Waals surface area contributed by atoms with E-state index in [1.807, 2.05) is 19.0 Å². The second-order valence-electron chi connectivity index (χ2n) is 6.20. The summed E-state index contributed by atoms with van der Waals surface area (Å²) >= 11 is 0. The SMILES string of the molecule is CN(C)CCNc1ccc(N=Cc2c(O)[nH]c3cccc(F)c23)cc1F. The zero-order valence-corrected chi connectivity index (χ0v) is 14.6. The Morgan fingerprint density at radius 3 is 2.73 bits per heavy atom. The minimum absolute atomic E-state index is 0.184. The average molecular weight is 358 g/mol. The molecule has 0 aliphatic carbocycles. The average Bonchev–Trinajstić information content (AvgIpc) is 2.91. The number of aliphatic imine (C=N–C) groups is 1. The number of aromatic nitrogens is 1. The molecule has 0 amide bonds. The third-order valence-corrected chi connectivity index (χ3v) is 3.96. The van der Waals surface area contributed by atoms with Crippen molar-refractivity contribution in [2.75, 3.05) is 32.5 Å². The van der Waals surface area contributed by atoms with Crippen LogP contribution in [0.5, 0.6) is 5.88 Å². The van der Waals surface area contributed by atoms with Crippen molar-refractivity contribution in [2.45, 2.75) is 0 Å². The van der Waals surface area contributed by atoms with Crippen LogP contribution < -0.4 is 5.32 Å². The van der Waals surface area contributed by atoms with Crippen molar-refractivity contribution in [1.29, 1.82) is 0 Å². The molecule has 0 spiro atoms. The number of hydrogen-bond acceptors (Lipinski definition) is 4. The highest BCUT2D eigenvalue weighted by Gasteiger charge is 2.12. The van der Waals surface area contributed by atoms with E-state index < -0.39 is 11.6 Å². The number of aromatic amines is 1. The Morgan fingerprint density at radius 1 is 1.19 bits per heavy atom. The molecule has 5 nitrogen and oxygen atoms in total. The summed E-state index contributed by atoms with van der Waals surface area (Å²) in [7, 11) is 3.89. The molecule has 0 saturated carbocycles. The fraction of sp³-hybridized carbons (Fsp3) is 0.211. The molecule has 0 bridgehead atoms. The van der Waals surface area contributed by atoms with E-state index in [-0.39, 0.29) is 16.8 Å². The summed E-state index contributed by atoms with van der Waals surface area (Å²) in [6.07, 6.45) is 1.32. The number of H-pyrrole nitrogens is 1. The third kappa shape index (κ3) is 3.83. The molecule has 0 unspecified atom stereocenters. The monoisotopic (exact) mass is 358 g/mol. The molecule has 1 heterocycles. The van der Waals surface area contributed by atoms with Crippen LogP contribution in [0, 0.1) is 11.6 Å². The number of hydrogen-bond donors (Lipinski definition) is 3. The predicted molar refractivity (Wildman–Crippen MR) is 101 cm³/mol. The first-order valence-electron chi connectivity index (χ1n) is 8.17. The van der Waals surface area contributed by atoms with Gasteiger partial charge in [0.15, 0.2) is 5.88 Å². The molecular weight excluding hydrogens is 338 g/mol. The van der Waals surface area contributed by atoms with E-state index in [4.69, 9.17) is 0 Å². The van der Waals surface area contributed by atoms with Gasteiger partial charge in [0.2, 0.25) is 0 Å². The lowest BCUT2D eigenvalue weighted by molar-refractivity contribution is 0.425. The van der Waals surface area contributed by atoms with Gasteiger partial charge in [-0.05, 0) is 38.4 Å². The maximum Gasteiger partial charge on any atom is 0.198 e. The molecule has 0 aliphatic rings. The van der Waals surface area contributed by atoms with Crippen molar-refractivity contribution < 1.29 is 13.9 Å². The second-order valence-corrected chi connectivity index (χ2v) is 6.20. The molecule has 1 aromatic heterocycles. The zero-order valence-electron chi connectivity index (χ0n) is 14.6. The number of halogens is 2. The molecule has 2 aromatic carbocycles. The van der Waals surface area contributed by atoms with Crippen LogP contribution in [0.15, 0.2) is 41.4 Å². The van der Waals surface area contributed by atoms with Crippen LogP contribution in [0.2, 0.25) is 0 Å². The van der Waals surface area contributed by atoms with Crippen LogP contribution in [-0.4, -0.2) is 48.4 Å². The van der Waals surface area contributed by atoms with Gasteiger partial charge in [0.25, 0.3) is 0 Å². The summed E-state index contributed by atoms with van der Waals surface area (Å²) in [6, 6.07) is 9.06. The predicted octanol–water partition coefficient (Wildman–Crippen LogP) is 3.88. The Labute approximate surface area is 150 Å². The topological polar surface area (TPSA) is 63.6 Å². The van der Waals surface area contributed by atoms with E-state index in [0.717, 1.165) is 6.54 Å². The number of anilines is 1. The number of fused-ring (bicyclic) bond motifs is 1. The van der Waals surface area contributed by atoms with Crippen molar-refractivity contribution in [3.05, 3.63) is 53.6 Å². The zero-order chi connectivity index (χ0) is 18.7. The van der Waals surface area contributed by atoms with Gasteiger partial charge in [-0.2, -0.15) is 0 Å². The number of rotatable bonds is 6. The fourth-order valence-corrected chi connectivity index (χ4v) is 2.62. The third-order valence-electron chi connectivity index (χ3n) is 3.96. The highest BCUT2D eigenvalue weighted by atomic mass is 19.1. The molecule has 0 fully saturated rings. The van der Waals surface area contributed by atoms with Crippen molar-refractivity contribution in [3.8, 4) is 5.88 Å².